The van der Waals surface area contributed by atoms with E-state index in [0.29, 0.717) is 0 Å². The SMILES string of the molecule is Cc1cc(C(C)(C)N)ccc1Cl. The molecule has 0 saturated carbocycles. The zero-order chi connectivity index (χ0) is 9.35. The van der Waals surface area contributed by atoms with Crippen LogP contribution in [-0.2, 0) is 5.54 Å². The Hall–Kier alpha value is -0.530. The van der Waals surface area contributed by atoms with E-state index in [1.807, 2.05) is 39.0 Å². The van der Waals surface area contributed by atoms with Gasteiger partial charge in [0.2, 0.25) is 0 Å². The summed E-state index contributed by atoms with van der Waals surface area (Å²) >= 11 is 5.89. The van der Waals surface area contributed by atoms with E-state index in [2.05, 4.69) is 0 Å². The molecule has 1 nitrogen and oxygen atoms in total. The molecular formula is C10H14ClN. The monoisotopic (exact) mass is 183 g/mol. The molecule has 0 saturated heterocycles. The Morgan fingerprint density at radius 3 is 2.33 bits per heavy atom. The normalized spacial score (nSPS) is 11.8. The van der Waals surface area contributed by atoms with Gasteiger partial charge in [0.1, 0.15) is 0 Å². The Morgan fingerprint density at radius 2 is 1.92 bits per heavy atom. The molecular weight excluding hydrogens is 170 g/mol. The zero-order valence-electron chi connectivity index (χ0n) is 7.69. The second-order valence-electron chi connectivity index (χ2n) is 3.69. The average Bonchev–Trinajstić information content (AvgIpc) is 1.92. The van der Waals surface area contributed by atoms with Gasteiger partial charge in [-0.15, -0.1) is 0 Å². The number of hydrogen-bond donors (Lipinski definition) is 1. The molecule has 1 aromatic rings. The molecule has 0 heterocycles. The van der Waals surface area contributed by atoms with Crippen LogP contribution in [0.15, 0.2) is 18.2 Å². The van der Waals surface area contributed by atoms with Gasteiger partial charge in [0.05, 0.1) is 0 Å². The third kappa shape index (κ3) is 1.99. The summed E-state index contributed by atoms with van der Waals surface area (Å²) in [6.45, 7) is 5.95. The van der Waals surface area contributed by atoms with E-state index in [9.17, 15) is 0 Å². The van der Waals surface area contributed by atoms with Crippen LogP contribution >= 0.6 is 11.6 Å². The minimum absolute atomic E-state index is 0.282. The smallest absolute Gasteiger partial charge is 0.0435 e. The van der Waals surface area contributed by atoms with Crippen molar-refractivity contribution >= 4 is 11.6 Å². The molecule has 0 bridgehead atoms. The van der Waals surface area contributed by atoms with E-state index in [0.717, 1.165) is 16.1 Å². The summed E-state index contributed by atoms with van der Waals surface area (Å²) in [4.78, 5) is 0. The van der Waals surface area contributed by atoms with E-state index in [-0.39, 0.29) is 5.54 Å². The molecule has 0 aliphatic rings. The number of hydrogen-bond acceptors (Lipinski definition) is 1. The molecule has 66 valence electrons. The lowest BCUT2D eigenvalue weighted by atomic mass is 9.94. The highest BCUT2D eigenvalue weighted by molar-refractivity contribution is 6.31. The molecule has 2 heteroatoms. The Labute approximate surface area is 78.5 Å². The zero-order valence-corrected chi connectivity index (χ0v) is 8.44. The van der Waals surface area contributed by atoms with Gasteiger partial charge in [-0.2, -0.15) is 0 Å². The average molecular weight is 184 g/mol. The summed E-state index contributed by atoms with van der Waals surface area (Å²) < 4.78 is 0. The maximum atomic E-state index is 5.93. The first-order valence-corrected chi connectivity index (χ1v) is 4.34. The molecule has 0 amide bonds. The highest BCUT2D eigenvalue weighted by Gasteiger charge is 2.13. The van der Waals surface area contributed by atoms with Crippen molar-refractivity contribution in [2.45, 2.75) is 26.3 Å². The molecule has 1 rings (SSSR count). The first-order chi connectivity index (χ1) is 5.41. The molecule has 2 N–H and O–H groups in total. The van der Waals surface area contributed by atoms with Crippen LogP contribution in [0.5, 0.6) is 0 Å². The van der Waals surface area contributed by atoms with E-state index < -0.39 is 0 Å². The molecule has 0 fully saturated rings. The summed E-state index contributed by atoms with van der Waals surface area (Å²) in [5, 5.41) is 0.794. The lowest BCUT2D eigenvalue weighted by molar-refractivity contribution is 0.554. The summed E-state index contributed by atoms with van der Waals surface area (Å²) in [5.41, 5.74) is 7.84. The molecule has 1 aromatic carbocycles. The van der Waals surface area contributed by atoms with Crippen LogP contribution in [0.2, 0.25) is 5.02 Å². The molecule has 0 aliphatic carbocycles. The number of benzene rings is 1. The first-order valence-electron chi connectivity index (χ1n) is 3.97. The van der Waals surface area contributed by atoms with Crippen molar-refractivity contribution in [3.05, 3.63) is 34.3 Å². The largest absolute Gasteiger partial charge is 0.322 e. The van der Waals surface area contributed by atoms with Gasteiger partial charge >= 0.3 is 0 Å². The Kier molecular flexibility index (Phi) is 2.45. The van der Waals surface area contributed by atoms with Crippen molar-refractivity contribution in [3.63, 3.8) is 0 Å². The molecule has 0 atom stereocenters. The van der Waals surface area contributed by atoms with E-state index >= 15 is 0 Å². The van der Waals surface area contributed by atoms with Gasteiger partial charge < -0.3 is 5.73 Å². The fraction of sp³-hybridized carbons (Fsp3) is 0.400. The van der Waals surface area contributed by atoms with Crippen molar-refractivity contribution in [1.29, 1.82) is 0 Å². The van der Waals surface area contributed by atoms with E-state index in [1.165, 1.54) is 0 Å². The van der Waals surface area contributed by atoms with Crippen LogP contribution in [0.4, 0.5) is 0 Å². The van der Waals surface area contributed by atoms with Gasteiger partial charge in [0.15, 0.2) is 0 Å². The highest BCUT2D eigenvalue weighted by atomic mass is 35.5. The number of rotatable bonds is 1. The van der Waals surface area contributed by atoms with Gasteiger partial charge in [0.25, 0.3) is 0 Å². The second-order valence-corrected chi connectivity index (χ2v) is 4.09. The molecule has 0 spiro atoms. The van der Waals surface area contributed by atoms with Gasteiger partial charge in [-0.3, -0.25) is 0 Å². The van der Waals surface area contributed by atoms with Crippen molar-refractivity contribution in [2.24, 2.45) is 5.73 Å². The maximum Gasteiger partial charge on any atom is 0.0435 e. The van der Waals surface area contributed by atoms with Crippen LogP contribution in [0.3, 0.4) is 0 Å². The van der Waals surface area contributed by atoms with Crippen LogP contribution < -0.4 is 5.73 Å². The van der Waals surface area contributed by atoms with Crippen LogP contribution in [0.25, 0.3) is 0 Å². The summed E-state index contributed by atoms with van der Waals surface area (Å²) in [6.07, 6.45) is 0. The van der Waals surface area contributed by atoms with Crippen molar-refractivity contribution in [2.75, 3.05) is 0 Å². The number of nitrogens with two attached hydrogens (primary N) is 1. The lowest BCUT2D eigenvalue weighted by Gasteiger charge is -2.19. The van der Waals surface area contributed by atoms with E-state index in [4.69, 9.17) is 17.3 Å². The van der Waals surface area contributed by atoms with E-state index in [1.54, 1.807) is 0 Å². The van der Waals surface area contributed by atoms with Crippen molar-refractivity contribution in [1.82, 2.24) is 0 Å². The molecule has 0 unspecified atom stereocenters. The standard InChI is InChI=1S/C10H14ClN/c1-7-6-8(10(2,3)12)4-5-9(7)11/h4-6H,12H2,1-3H3. The maximum absolute atomic E-state index is 5.93. The quantitative estimate of drug-likeness (QED) is 0.712. The van der Waals surface area contributed by atoms with Gasteiger partial charge in [-0.1, -0.05) is 23.7 Å². The molecule has 0 aliphatic heterocycles. The first kappa shape index (κ1) is 9.56. The molecule has 0 radical (unpaired) electrons. The Bertz CT molecular complexity index is 286. The molecule has 0 aromatic heterocycles. The van der Waals surface area contributed by atoms with Crippen LogP contribution in [0.1, 0.15) is 25.0 Å². The van der Waals surface area contributed by atoms with Crippen molar-refractivity contribution in [3.8, 4) is 0 Å². The van der Waals surface area contributed by atoms with Gasteiger partial charge in [-0.05, 0) is 38.0 Å². The Balaban J connectivity index is 3.14. The minimum Gasteiger partial charge on any atom is -0.322 e. The topological polar surface area (TPSA) is 26.0 Å². The summed E-state index contributed by atoms with van der Waals surface area (Å²) in [7, 11) is 0. The second kappa shape index (κ2) is 3.08. The Morgan fingerprint density at radius 1 is 1.33 bits per heavy atom. The number of aryl methyl sites for hydroxylation is 1. The van der Waals surface area contributed by atoms with Gasteiger partial charge in [0, 0.05) is 10.6 Å². The van der Waals surface area contributed by atoms with Crippen molar-refractivity contribution < 1.29 is 0 Å². The predicted octanol–water partition coefficient (Wildman–Crippen LogP) is 2.84. The lowest BCUT2D eigenvalue weighted by Crippen LogP contribution is -2.28. The summed E-state index contributed by atoms with van der Waals surface area (Å²) in [5.74, 6) is 0. The van der Waals surface area contributed by atoms with Crippen LogP contribution in [-0.4, -0.2) is 0 Å². The minimum atomic E-state index is -0.282. The fourth-order valence-electron chi connectivity index (χ4n) is 1.05. The highest BCUT2D eigenvalue weighted by Crippen LogP contribution is 2.22. The fourth-order valence-corrected chi connectivity index (χ4v) is 1.16. The molecule has 12 heavy (non-hydrogen) atoms. The summed E-state index contributed by atoms with van der Waals surface area (Å²) in [6, 6.07) is 5.89. The third-order valence-electron chi connectivity index (χ3n) is 1.90. The predicted molar refractivity (Wildman–Crippen MR) is 53.4 cm³/mol. The van der Waals surface area contributed by atoms with Crippen LogP contribution in [0, 0.1) is 6.92 Å². The van der Waals surface area contributed by atoms with Gasteiger partial charge in [-0.25, -0.2) is 0 Å². The number of halogens is 1. The third-order valence-corrected chi connectivity index (χ3v) is 2.33.